The van der Waals surface area contributed by atoms with Crippen molar-refractivity contribution in [1.82, 2.24) is 0 Å². The molecule has 0 saturated carbocycles. The molecular weight excluding hydrogens is 1190 g/mol. The summed E-state index contributed by atoms with van der Waals surface area (Å²) < 4.78 is 91.4. The summed E-state index contributed by atoms with van der Waals surface area (Å²) >= 11 is 0. The van der Waals surface area contributed by atoms with Gasteiger partial charge in [0.2, 0.25) is 23.0 Å². The van der Waals surface area contributed by atoms with Gasteiger partial charge >= 0.3 is 0 Å². The van der Waals surface area contributed by atoms with Crippen LogP contribution in [0, 0.1) is 59.2 Å². The summed E-state index contributed by atoms with van der Waals surface area (Å²) in [5.74, 6) is 41.1. The van der Waals surface area contributed by atoms with E-state index in [1.165, 1.54) is 0 Å². The minimum atomic E-state index is 0.329. The zero-order valence-electron chi connectivity index (χ0n) is 55.5. The van der Waals surface area contributed by atoms with Gasteiger partial charge in [0.25, 0.3) is 0 Å². The third kappa shape index (κ3) is 16.0. The largest absolute Gasteiger partial charge is 0.495 e. The van der Waals surface area contributed by atoms with Crippen molar-refractivity contribution in [1.29, 1.82) is 0 Å². The number of ether oxygens (including phenoxy) is 16. The monoisotopic (exact) mass is 1260 g/mol. The van der Waals surface area contributed by atoms with E-state index in [0.717, 1.165) is 27.8 Å². The SMILES string of the molecule is COc1cc(C#C/C(Cc2ccc(C#Cc3cc(OC)c(OC)c(OC)c3)c(OC)c2)=C(\Cc2ccc(C#Cc3cc(OC)c(OC)c(OC)c3)c(OC)c2)c2ccc(C#Cc3cc(OC)c(OC)c(OC)c3)c(OC)c2)ccc1C#Cc1cc(OC)c(OC)c(OC)c1. The van der Waals surface area contributed by atoms with Crippen LogP contribution in [-0.4, -0.2) is 114 Å². The lowest BCUT2D eigenvalue weighted by Crippen LogP contribution is -2.02. The van der Waals surface area contributed by atoms with Crippen LogP contribution < -0.4 is 75.8 Å². The molecule has 94 heavy (non-hydrogen) atoms. The molecule has 0 radical (unpaired) electrons. The zero-order valence-corrected chi connectivity index (χ0v) is 55.5. The minimum Gasteiger partial charge on any atom is -0.495 e. The first-order chi connectivity index (χ1) is 45.8. The van der Waals surface area contributed by atoms with Crippen molar-refractivity contribution < 1.29 is 75.8 Å². The van der Waals surface area contributed by atoms with Crippen LogP contribution in [0.3, 0.4) is 0 Å². The molecule has 0 saturated heterocycles. The van der Waals surface area contributed by atoms with E-state index in [1.807, 2.05) is 72.8 Å². The third-order valence-electron chi connectivity index (χ3n) is 14.8. The summed E-state index contributed by atoms with van der Waals surface area (Å²) in [6.45, 7) is 0. The van der Waals surface area contributed by atoms with Gasteiger partial charge in [0, 0.05) is 39.8 Å². The van der Waals surface area contributed by atoms with Crippen molar-refractivity contribution >= 4 is 5.57 Å². The Kier molecular flexibility index (Phi) is 23.7. The Morgan fingerprint density at radius 2 is 0.500 bits per heavy atom. The van der Waals surface area contributed by atoms with Crippen LogP contribution in [0.2, 0.25) is 0 Å². The standard InChI is InChI=1S/C78H72O16/c1-79-63-37-49(17-25-56(63)28-21-52-40-67(83-5)75(91-13)68(41-52)84-6)18-32-60(35-50-19-26-57(64(38-50)80-2)29-22-53-42-69(85-7)76(92-14)70(43-53)86-8)62(61-34-33-59(66(48-61)82-4)31-24-55-46-73(89-11)78(94-16)74(47-55)90-12)36-51-20-27-58(65(39-51)81-3)30-23-54-44-71(87-9)77(93-15)72(45-54)88-10/h17,19-20,25-27,33-34,37-48H,35-36H2,1-16H3/b62-60-. The lowest BCUT2D eigenvalue weighted by atomic mass is 9.89. The number of rotatable bonds is 21. The van der Waals surface area contributed by atoms with E-state index in [2.05, 4.69) is 59.2 Å². The van der Waals surface area contributed by atoms with Crippen LogP contribution in [0.15, 0.2) is 127 Å². The van der Waals surface area contributed by atoms with Crippen LogP contribution in [-0.2, 0) is 12.8 Å². The predicted molar refractivity (Wildman–Crippen MR) is 361 cm³/mol. The summed E-state index contributed by atoms with van der Waals surface area (Å²) in [6.07, 6.45) is 0.685. The van der Waals surface area contributed by atoms with Gasteiger partial charge in [0.05, 0.1) is 136 Å². The lowest BCUT2D eigenvalue weighted by molar-refractivity contribution is 0.324. The fraction of sp³-hybridized carbons (Fsp3) is 0.231. The van der Waals surface area contributed by atoms with E-state index in [1.54, 1.807) is 162 Å². The molecule has 0 spiro atoms. The van der Waals surface area contributed by atoms with Crippen molar-refractivity contribution in [2.45, 2.75) is 12.8 Å². The smallest absolute Gasteiger partial charge is 0.203 e. The van der Waals surface area contributed by atoms with Gasteiger partial charge in [-0.15, -0.1) is 0 Å². The van der Waals surface area contributed by atoms with Crippen LogP contribution in [0.4, 0.5) is 0 Å². The topological polar surface area (TPSA) is 148 Å². The average Bonchev–Trinajstić information content (AvgIpc) is 1.36. The Hall–Kier alpha value is -11.9. The lowest BCUT2D eigenvalue weighted by Gasteiger charge is -2.16. The van der Waals surface area contributed by atoms with E-state index >= 15 is 0 Å². The number of allylic oxidation sites excluding steroid dienone is 2. The van der Waals surface area contributed by atoms with Gasteiger partial charge in [0.15, 0.2) is 46.0 Å². The fourth-order valence-electron chi connectivity index (χ4n) is 10.1. The molecule has 8 aromatic rings. The fourth-order valence-corrected chi connectivity index (χ4v) is 10.1. The molecule has 0 unspecified atom stereocenters. The quantitative estimate of drug-likeness (QED) is 0.0628. The van der Waals surface area contributed by atoms with Gasteiger partial charge in [0.1, 0.15) is 23.0 Å². The van der Waals surface area contributed by atoms with Gasteiger partial charge in [-0.3, -0.25) is 0 Å². The highest BCUT2D eigenvalue weighted by Crippen LogP contribution is 2.42. The van der Waals surface area contributed by atoms with E-state index < -0.39 is 0 Å². The van der Waals surface area contributed by atoms with Crippen molar-refractivity contribution in [3.8, 4) is 151 Å². The highest BCUT2D eigenvalue weighted by molar-refractivity contribution is 5.78. The van der Waals surface area contributed by atoms with E-state index in [0.29, 0.717) is 155 Å². The maximum absolute atomic E-state index is 6.16. The van der Waals surface area contributed by atoms with Crippen molar-refractivity contribution in [3.63, 3.8) is 0 Å². The normalized spacial score (nSPS) is 10.4. The van der Waals surface area contributed by atoms with Crippen molar-refractivity contribution in [2.24, 2.45) is 0 Å². The molecule has 16 nitrogen and oxygen atoms in total. The molecule has 8 rings (SSSR count). The Labute approximate surface area is 550 Å². The van der Waals surface area contributed by atoms with E-state index in [4.69, 9.17) is 75.8 Å². The van der Waals surface area contributed by atoms with Crippen LogP contribution in [0.5, 0.6) is 92.0 Å². The molecule has 0 aromatic heterocycles. The van der Waals surface area contributed by atoms with E-state index in [-0.39, 0.29) is 0 Å². The molecule has 0 fully saturated rings. The summed E-state index contributed by atoms with van der Waals surface area (Å²) in [5.41, 5.74) is 9.95. The molecule has 0 aliphatic carbocycles. The number of hydrogen-bond acceptors (Lipinski definition) is 16. The minimum absolute atomic E-state index is 0.329. The highest BCUT2D eigenvalue weighted by atomic mass is 16.6. The zero-order chi connectivity index (χ0) is 67.3. The molecule has 0 heterocycles. The molecular formula is C78H72O16. The van der Waals surface area contributed by atoms with Crippen LogP contribution >= 0.6 is 0 Å². The predicted octanol–water partition coefficient (Wildman–Crippen LogP) is 12.7. The van der Waals surface area contributed by atoms with Crippen molar-refractivity contribution in [2.75, 3.05) is 114 Å². The highest BCUT2D eigenvalue weighted by Gasteiger charge is 2.20. The molecule has 0 aliphatic heterocycles. The number of methoxy groups -OCH3 is 16. The first kappa shape index (κ1) is 68.0. The Morgan fingerprint density at radius 1 is 0.234 bits per heavy atom. The van der Waals surface area contributed by atoms with Crippen LogP contribution in [0.1, 0.15) is 66.8 Å². The molecule has 0 bridgehead atoms. The van der Waals surface area contributed by atoms with Gasteiger partial charge < -0.3 is 75.8 Å². The molecule has 0 N–H and O–H groups in total. The molecule has 0 aliphatic rings. The van der Waals surface area contributed by atoms with Crippen molar-refractivity contribution in [3.05, 3.63) is 194 Å². The molecule has 480 valence electrons. The molecule has 0 atom stereocenters. The summed E-state index contributed by atoms with van der Waals surface area (Å²) in [5, 5.41) is 0. The first-order valence-corrected chi connectivity index (χ1v) is 29.0. The molecule has 0 amide bonds. The first-order valence-electron chi connectivity index (χ1n) is 29.0. The van der Waals surface area contributed by atoms with Gasteiger partial charge in [-0.2, -0.15) is 0 Å². The summed E-state index contributed by atoms with van der Waals surface area (Å²) in [4.78, 5) is 0. The molecule has 8 aromatic carbocycles. The second-order valence-corrected chi connectivity index (χ2v) is 20.1. The van der Waals surface area contributed by atoms with Crippen LogP contribution in [0.25, 0.3) is 5.57 Å². The number of benzene rings is 8. The average molecular weight is 1270 g/mol. The second-order valence-electron chi connectivity index (χ2n) is 20.1. The Balaban J connectivity index is 1.32. The van der Waals surface area contributed by atoms with Gasteiger partial charge in [-0.25, -0.2) is 0 Å². The van der Waals surface area contributed by atoms with Gasteiger partial charge in [-0.05, 0) is 132 Å². The maximum atomic E-state index is 6.16. The Bertz CT molecular complexity index is 4360. The second kappa shape index (κ2) is 32.7. The molecule has 16 heteroatoms. The van der Waals surface area contributed by atoms with E-state index in [9.17, 15) is 0 Å². The van der Waals surface area contributed by atoms with Gasteiger partial charge in [-0.1, -0.05) is 77.4 Å². The third-order valence-corrected chi connectivity index (χ3v) is 14.8. The maximum Gasteiger partial charge on any atom is 0.203 e. The summed E-state index contributed by atoms with van der Waals surface area (Å²) in [7, 11) is 25.1. The summed E-state index contributed by atoms with van der Waals surface area (Å²) in [6, 6.07) is 37.7. The number of hydrogen-bond donors (Lipinski definition) is 0. The Morgan fingerprint density at radius 3 is 0.809 bits per heavy atom.